The van der Waals surface area contributed by atoms with Crippen molar-refractivity contribution in [3.63, 3.8) is 0 Å². The van der Waals surface area contributed by atoms with Gasteiger partial charge in [0.1, 0.15) is 0 Å². The summed E-state index contributed by atoms with van der Waals surface area (Å²) < 4.78 is 0. The van der Waals surface area contributed by atoms with Crippen LogP contribution in [0.5, 0.6) is 0 Å². The maximum absolute atomic E-state index is 12.8. The Hall–Kier alpha value is -0.570. The van der Waals surface area contributed by atoms with E-state index in [1.807, 2.05) is 0 Å². The van der Waals surface area contributed by atoms with Gasteiger partial charge in [-0.25, -0.2) is 0 Å². The maximum Gasteiger partial charge on any atom is 0.223 e. The van der Waals surface area contributed by atoms with Gasteiger partial charge in [0.25, 0.3) is 0 Å². The van der Waals surface area contributed by atoms with Crippen LogP contribution in [0.4, 0.5) is 0 Å². The molecular weight excluding hydrogens is 260 g/mol. The minimum Gasteiger partial charge on any atom is -0.339 e. The molecule has 2 fully saturated rings. The van der Waals surface area contributed by atoms with Gasteiger partial charge in [0.2, 0.25) is 5.91 Å². The fraction of sp³-hybridized carbons (Fsp3) is 0.944. The molecule has 2 bridgehead atoms. The molecule has 0 aromatic heterocycles. The van der Waals surface area contributed by atoms with E-state index in [0.29, 0.717) is 47.6 Å². The number of rotatable bonds is 5. The molecule has 1 saturated heterocycles. The highest BCUT2D eigenvalue weighted by atomic mass is 16.2. The fourth-order valence-electron chi connectivity index (χ4n) is 5.05. The number of hydrogen-bond donors (Lipinski definition) is 1. The van der Waals surface area contributed by atoms with Gasteiger partial charge in [0.05, 0.1) is 0 Å². The van der Waals surface area contributed by atoms with Crippen LogP contribution >= 0.6 is 0 Å². The first-order valence-corrected chi connectivity index (χ1v) is 8.64. The molecule has 3 atom stereocenters. The minimum absolute atomic E-state index is 0.332. The van der Waals surface area contributed by atoms with Crippen molar-refractivity contribution in [2.75, 3.05) is 13.1 Å². The standard InChI is InChI=1S/C18H34N2O/c1-13(2)6-14(10-19)7-16(21)20-12-18(5)9-15(20)8-17(3,4)11-18/h13-15H,6-12,19H2,1-5H3/t14-,15?,18?/m0/s1. The number of carbonyl (C=O) groups is 1. The van der Waals surface area contributed by atoms with Crippen molar-refractivity contribution in [2.45, 2.75) is 72.8 Å². The molecule has 2 N–H and O–H groups in total. The third-order valence-electron chi connectivity index (χ3n) is 5.34. The summed E-state index contributed by atoms with van der Waals surface area (Å²) in [6.07, 6.45) is 5.29. The van der Waals surface area contributed by atoms with Crippen molar-refractivity contribution in [1.82, 2.24) is 4.90 Å². The van der Waals surface area contributed by atoms with Gasteiger partial charge >= 0.3 is 0 Å². The predicted molar refractivity (Wildman–Crippen MR) is 87.9 cm³/mol. The quantitative estimate of drug-likeness (QED) is 0.844. The van der Waals surface area contributed by atoms with Gasteiger partial charge in [-0.3, -0.25) is 4.79 Å². The van der Waals surface area contributed by atoms with Crippen molar-refractivity contribution >= 4 is 5.91 Å². The van der Waals surface area contributed by atoms with Crippen molar-refractivity contribution in [2.24, 2.45) is 28.4 Å². The van der Waals surface area contributed by atoms with E-state index in [2.05, 4.69) is 39.5 Å². The summed E-state index contributed by atoms with van der Waals surface area (Å²) in [5, 5.41) is 0. The van der Waals surface area contributed by atoms with Gasteiger partial charge < -0.3 is 10.6 Å². The van der Waals surface area contributed by atoms with Crippen LogP contribution in [0, 0.1) is 22.7 Å². The average molecular weight is 294 g/mol. The summed E-state index contributed by atoms with van der Waals surface area (Å²) in [4.78, 5) is 15.0. The van der Waals surface area contributed by atoms with E-state index in [4.69, 9.17) is 5.73 Å². The van der Waals surface area contributed by atoms with Gasteiger partial charge in [-0.15, -0.1) is 0 Å². The van der Waals surface area contributed by atoms with E-state index in [1.165, 1.54) is 12.8 Å². The molecule has 3 heteroatoms. The number of nitrogens with zero attached hydrogens (tertiary/aromatic N) is 1. The second kappa shape index (κ2) is 5.91. The van der Waals surface area contributed by atoms with E-state index >= 15 is 0 Å². The summed E-state index contributed by atoms with van der Waals surface area (Å²) in [7, 11) is 0. The molecule has 2 rings (SSSR count). The van der Waals surface area contributed by atoms with Crippen LogP contribution in [0.15, 0.2) is 0 Å². The number of fused-ring (bicyclic) bond motifs is 2. The van der Waals surface area contributed by atoms with Gasteiger partial charge in [-0.05, 0) is 54.9 Å². The molecule has 1 aliphatic heterocycles. The molecule has 122 valence electrons. The third-order valence-corrected chi connectivity index (χ3v) is 5.34. The SMILES string of the molecule is CC(C)C[C@H](CN)CC(=O)N1CC2(C)CC1CC(C)(C)C2. The van der Waals surface area contributed by atoms with Crippen LogP contribution in [0.2, 0.25) is 0 Å². The molecule has 21 heavy (non-hydrogen) atoms. The first kappa shape index (κ1) is 16.8. The van der Waals surface area contributed by atoms with Crippen molar-refractivity contribution in [1.29, 1.82) is 0 Å². The van der Waals surface area contributed by atoms with E-state index < -0.39 is 0 Å². The Balaban J connectivity index is 2.01. The highest BCUT2D eigenvalue weighted by Gasteiger charge is 2.50. The Morgan fingerprint density at radius 1 is 1.29 bits per heavy atom. The lowest BCUT2D eigenvalue weighted by Gasteiger charge is -2.39. The highest BCUT2D eigenvalue weighted by Crippen LogP contribution is 2.52. The fourth-order valence-corrected chi connectivity index (χ4v) is 5.05. The Morgan fingerprint density at radius 2 is 1.95 bits per heavy atom. The summed E-state index contributed by atoms with van der Waals surface area (Å²) in [5.41, 5.74) is 6.58. The van der Waals surface area contributed by atoms with E-state index in [9.17, 15) is 4.79 Å². The summed E-state index contributed by atoms with van der Waals surface area (Å²) in [6, 6.07) is 0.462. The first-order chi connectivity index (χ1) is 9.64. The predicted octanol–water partition coefficient (Wildman–Crippen LogP) is 3.42. The first-order valence-electron chi connectivity index (χ1n) is 8.64. The van der Waals surface area contributed by atoms with Crippen molar-refractivity contribution in [3.05, 3.63) is 0 Å². The number of carbonyl (C=O) groups excluding carboxylic acids is 1. The molecule has 2 aliphatic rings. The number of likely N-dealkylation sites (tertiary alicyclic amines) is 1. The van der Waals surface area contributed by atoms with Crippen LogP contribution < -0.4 is 5.73 Å². The van der Waals surface area contributed by atoms with Gasteiger partial charge in [0.15, 0.2) is 0 Å². The van der Waals surface area contributed by atoms with E-state index in [0.717, 1.165) is 19.4 Å². The van der Waals surface area contributed by atoms with Gasteiger partial charge in [-0.2, -0.15) is 0 Å². The molecule has 0 radical (unpaired) electrons. The lowest BCUT2D eigenvalue weighted by molar-refractivity contribution is -0.133. The molecule has 2 unspecified atom stereocenters. The molecule has 0 spiro atoms. The molecule has 1 heterocycles. The van der Waals surface area contributed by atoms with Crippen LogP contribution in [-0.2, 0) is 4.79 Å². The molecule has 1 saturated carbocycles. The lowest BCUT2D eigenvalue weighted by atomic mass is 9.65. The zero-order valence-electron chi connectivity index (χ0n) is 14.6. The smallest absolute Gasteiger partial charge is 0.223 e. The van der Waals surface area contributed by atoms with Gasteiger partial charge in [-0.1, -0.05) is 34.6 Å². The average Bonchev–Trinajstić information content (AvgIpc) is 2.57. The monoisotopic (exact) mass is 294 g/mol. The molecule has 1 amide bonds. The second-order valence-corrected chi connectivity index (χ2v) is 9.17. The third kappa shape index (κ3) is 4.00. The maximum atomic E-state index is 12.8. The molecule has 1 aliphatic carbocycles. The van der Waals surface area contributed by atoms with Crippen LogP contribution in [0.3, 0.4) is 0 Å². The normalized spacial score (nSPS) is 32.5. The molecule has 0 aromatic carbocycles. The minimum atomic E-state index is 0.332. The van der Waals surface area contributed by atoms with Crippen LogP contribution in [-0.4, -0.2) is 29.9 Å². The zero-order chi connectivity index (χ0) is 15.8. The summed E-state index contributed by atoms with van der Waals surface area (Å²) >= 11 is 0. The number of hydrogen-bond acceptors (Lipinski definition) is 2. The Kier molecular flexibility index (Phi) is 4.72. The van der Waals surface area contributed by atoms with E-state index in [1.54, 1.807) is 0 Å². The molecule has 0 aromatic rings. The van der Waals surface area contributed by atoms with E-state index in [-0.39, 0.29) is 0 Å². The van der Waals surface area contributed by atoms with Crippen LogP contribution in [0.25, 0.3) is 0 Å². The largest absolute Gasteiger partial charge is 0.339 e. The topological polar surface area (TPSA) is 46.3 Å². The highest BCUT2D eigenvalue weighted by molar-refractivity contribution is 5.77. The second-order valence-electron chi connectivity index (χ2n) is 9.17. The number of amides is 1. The van der Waals surface area contributed by atoms with Crippen molar-refractivity contribution in [3.8, 4) is 0 Å². The zero-order valence-corrected chi connectivity index (χ0v) is 14.6. The van der Waals surface area contributed by atoms with Crippen LogP contribution in [0.1, 0.15) is 66.7 Å². The van der Waals surface area contributed by atoms with Crippen molar-refractivity contribution < 1.29 is 4.79 Å². The van der Waals surface area contributed by atoms with Gasteiger partial charge in [0, 0.05) is 19.0 Å². The Bertz CT molecular complexity index is 391. The molecule has 3 nitrogen and oxygen atoms in total. The molecular formula is C18H34N2O. The Morgan fingerprint density at radius 3 is 2.52 bits per heavy atom. The summed E-state index contributed by atoms with van der Waals surface area (Å²) in [6.45, 7) is 13.1. The number of nitrogens with two attached hydrogens (primary N) is 1. The Labute approximate surface area is 130 Å². The summed E-state index contributed by atoms with van der Waals surface area (Å²) in [5.74, 6) is 1.30. The lowest BCUT2D eigenvalue weighted by Crippen LogP contribution is -2.39.